The molecule has 0 spiro atoms. The van der Waals surface area contributed by atoms with Gasteiger partial charge in [0.05, 0.1) is 29.0 Å². The van der Waals surface area contributed by atoms with Gasteiger partial charge in [-0.3, -0.25) is 9.89 Å². The van der Waals surface area contributed by atoms with Gasteiger partial charge in [-0.1, -0.05) is 48.5 Å². The van der Waals surface area contributed by atoms with E-state index >= 15 is 0 Å². The molecular formula is C28H24N6O. The average molecular weight is 461 g/mol. The van der Waals surface area contributed by atoms with E-state index in [1.807, 2.05) is 48.9 Å². The Labute approximate surface area is 202 Å². The summed E-state index contributed by atoms with van der Waals surface area (Å²) >= 11 is 0. The summed E-state index contributed by atoms with van der Waals surface area (Å²) in [4.78, 5) is 12.7. The van der Waals surface area contributed by atoms with Crippen LogP contribution >= 0.6 is 0 Å². The van der Waals surface area contributed by atoms with Crippen molar-refractivity contribution in [1.82, 2.24) is 25.4 Å². The third-order valence-electron chi connectivity index (χ3n) is 6.68. The van der Waals surface area contributed by atoms with Crippen molar-refractivity contribution in [3.8, 4) is 16.9 Å². The largest absolute Gasteiger partial charge is 0.289 e. The van der Waals surface area contributed by atoms with Gasteiger partial charge in [0.1, 0.15) is 5.69 Å². The number of aromatic amines is 1. The fraction of sp³-hybridized carbons (Fsp3) is 0.143. The van der Waals surface area contributed by atoms with Crippen molar-refractivity contribution >= 4 is 22.9 Å². The number of amides is 1. The number of rotatable bonds is 5. The quantitative estimate of drug-likeness (QED) is 0.289. The molecule has 0 saturated heterocycles. The number of hydrogen-bond donors (Lipinski definition) is 2. The Morgan fingerprint density at radius 2 is 1.83 bits per heavy atom. The zero-order chi connectivity index (χ0) is 23.9. The lowest BCUT2D eigenvalue weighted by molar-refractivity contribution is 0.0950. The monoisotopic (exact) mass is 460 g/mol. The number of hydrazone groups is 1. The van der Waals surface area contributed by atoms with Crippen molar-refractivity contribution < 1.29 is 4.79 Å². The molecule has 1 aliphatic rings. The molecule has 2 heterocycles. The molecule has 2 N–H and O–H groups in total. The van der Waals surface area contributed by atoms with Gasteiger partial charge in [-0.05, 0) is 66.8 Å². The summed E-state index contributed by atoms with van der Waals surface area (Å²) in [5.41, 5.74) is 11.1. The van der Waals surface area contributed by atoms with E-state index < -0.39 is 0 Å². The fourth-order valence-electron chi connectivity index (χ4n) is 4.92. The van der Waals surface area contributed by atoms with Crippen molar-refractivity contribution in [3.63, 3.8) is 0 Å². The predicted molar refractivity (Wildman–Crippen MR) is 137 cm³/mol. The highest BCUT2D eigenvalue weighted by Gasteiger charge is 2.18. The highest BCUT2D eigenvalue weighted by molar-refractivity contribution is 6.02. The highest BCUT2D eigenvalue weighted by Crippen LogP contribution is 2.36. The van der Waals surface area contributed by atoms with E-state index in [2.05, 4.69) is 56.2 Å². The summed E-state index contributed by atoms with van der Waals surface area (Å²) in [6.45, 7) is 3.91. The topological polar surface area (TPSA) is 88.0 Å². The molecule has 0 saturated carbocycles. The molecule has 35 heavy (non-hydrogen) atoms. The maximum absolute atomic E-state index is 12.7. The summed E-state index contributed by atoms with van der Waals surface area (Å²) < 4.78 is 1.87. The van der Waals surface area contributed by atoms with Crippen LogP contribution in [-0.2, 0) is 12.8 Å². The lowest BCUT2D eigenvalue weighted by Gasteiger charge is -2.06. The maximum Gasteiger partial charge on any atom is 0.289 e. The molecule has 0 atom stereocenters. The second-order valence-electron chi connectivity index (χ2n) is 8.81. The second-order valence-corrected chi connectivity index (χ2v) is 8.81. The first-order valence-electron chi connectivity index (χ1n) is 11.6. The number of benzene rings is 3. The molecule has 0 radical (unpaired) electrons. The minimum Gasteiger partial charge on any atom is -0.272 e. The van der Waals surface area contributed by atoms with Gasteiger partial charge in [-0.2, -0.15) is 15.3 Å². The molecule has 0 fully saturated rings. The van der Waals surface area contributed by atoms with Gasteiger partial charge in [-0.25, -0.2) is 10.1 Å². The van der Waals surface area contributed by atoms with E-state index in [0.29, 0.717) is 5.69 Å². The van der Waals surface area contributed by atoms with E-state index in [-0.39, 0.29) is 5.91 Å². The standard InChI is InChI=1S/C28H24N6O/c1-17-24(18(2)34(33-17)21-8-4-3-5-9-21)16-29-32-28(35)26-15-25(30-31-26)22-14-13-20-12-11-19-7-6-10-23(22)27(19)20/h3-10,13-16H,11-12H2,1-2H3,(H,30,31)(H,32,35). The van der Waals surface area contributed by atoms with Gasteiger partial charge < -0.3 is 0 Å². The Hall–Kier alpha value is -4.52. The summed E-state index contributed by atoms with van der Waals surface area (Å²) in [5, 5.41) is 18.6. The fourth-order valence-corrected chi connectivity index (χ4v) is 4.92. The van der Waals surface area contributed by atoms with Crippen LogP contribution in [0.1, 0.15) is 38.6 Å². The number of nitrogens with one attached hydrogen (secondary N) is 2. The molecule has 7 nitrogen and oxygen atoms in total. The zero-order valence-corrected chi connectivity index (χ0v) is 19.5. The third kappa shape index (κ3) is 3.61. The highest BCUT2D eigenvalue weighted by atomic mass is 16.2. The summed E-state index contributed by atoms with van der Waals surface area (Å²) in [6.07, 6.45) is 3.78. The van der Waals surface area contributed by atoms with Gasteiger partial charge in [0.15, 0.2) is 0 Å². The molecule has 0 bridgehead atoms. The Kier molecular flexibility index (Phi) is 5.03. The average Bonchev–Trinajstić information content (AvgIpc) is 3.60. The molecule has 172 valence electrons. The number of H-pyrrole nitrogens is 1. The Morgan fingerprint density at radius 1 is 1.03 bits per heavy atom. The lowest BCUT2D eigenvalue weighted by Crippen LogP contribution is -2.18. The normalized spacial score (nSPS) is 12.6. The molecule has 0 unspecified atom stereocenters. The summed E-state index contributed by atoms with van der Waals surface area (Å²) in [7, 11) is 0. The van der Waals surface area contributed by atoms with E-state index in [1.54, 1.807) is 12.3 Å². The van der Waals surface area contributed by atoms with E-state index in [9.17, 15) is 4.79 Å². The third-order valence-corrected chi connectivity index (χ3v) is 6.68. The summed E-state index contributed by atoms with van der Waals surface area (Å²) in [6, 6.07) is 22.4. The van der Waals surface area contributed by atoms with Crippen LogP contribution in [0.3, 0.4) is 0 Å². The number of carbonyl (C=O) groups is 1. The maximum atomic E-state index is 12.7. The molecule has 3 aromatic carbocycles. The lowest BCUT2D eigenvalue weighted by atomic mass is 9.98. The first-order chi connectivity index (χ1) is 17.1. The van der Waals surface area contributed by atoms with Gasteiger partial charge in [-0.15, -0.1) is 0 Å². The van der Waals surface area contributed by atoms with Gasteiger partial charge in [0, 0.05) is 11.1 Å². The molecule has 0 aliphatic heterocycles. The van der Waals surface area contributed by atoms with Crippen LogP contribution in [-0.4, -0.2) is 32.1 Å². The zero-order valence-electron chi connectivity index (χ0n) is 19.5. The van der Waals surface area contributed by atoms with Crippen LogP contribution in [0.25, 0.3) is 27.7 Å². The first kappa shape index (κ1) is 21.0. The molecule has 1 amide bonds. The van der Waals surface area contributed by atoms with Crippen LogP contribution in [0.15, 0.2) is 71.8 Å². The van der Waals surface area contributed by atoms with Crippen molar-refractivity contribution in [3.05, 3.63) is 101 Å². The van der Waals surface area contributed by atoms with E-state index in [4.69, 9.17) is 0 Å². The van der Waals surface area contributed by atoms with E-state index in [0.717, 1.165) is 46.7 Å². The van der Waals surface area contributed by atoms with Crippen molar-refractivity contribution in [2.75, 3.05) is 0 Å². The number of carbonyl (C=O) groups excluding carboxylic acids is 1. The molecule has 1 aliphatic carbocycles. The van der Waals surface area contributed by atoms with Crippen LogP contribution in [0, 0.1) is 13.8 Å². The molecule has 7 heteroatoms. The van der Waals surface area contributed by atoms with Crippen molar-refractivity contribution in [1.29, 1.82) is 0 Å². The number of aryl methyl sites for hydroxylation is 3. The molecule has 6 rings (SSSR count). The van der Waals surface area contributed by atoms with Crippen LogP contribution in [0.4, 0.5) is 0 Å². The van der Waals surface area contributed by atoms with Gasteiger partial charge in [0.25, 0.3) is 5.91 Å². The van der Waals surface area contributed by atoms with Crippen molar-refractivity contribution in [2.24, 2.45) is 5.10 Å². The Morgan fingerprint density at radius 3 is 2.66 bits per heavy atom. The summed E-state index contributed by atoms with van der Waals surface area (Å²) in [5.74, 6) is -0.350. The smallest absolute Gasteiger partial charge is 0.272 e. The van der Waals surface area contributed by atoms with E-state index in [1.165, 1.54) is 21.9 Å². The Balaban J connectivity index is 1.22. The minimum absolute atomic E-state index is 0.350. The van der Waals surface area contributed by atoms with Crippen LogP contribution in [0.2, 0.25) is 0 Å². The predicted octanol–water partition coefficient (Wildman–Crippen LogP) is 4.89. The van der Waals surface area contributed by atoms with Crippen LogP contribution in [0.5, 0.6) is 0 Å². The Bertz CT molecular complexity index is 1600. The SMILES string of the molecule is Cc1nn(-c2ccccc2)c(C)c1C=NNC(=O)c1cc(-c2ccc3c4c(cccc24)CC3)n[nH]1. The molecule has 5 aromatic rings. The molecular weight excluding hydrogens is 436 g/mol. The molecule has 2 aromatic heterocycles. The first-order valence-corrected chi connectivity index (χ1v) is 11.6. The number of aromatic nitrogens is 4. The van der Waals surface area contributed by atoms with Crippen molar-refractivity contribution in [2.45, 2.75) is 26.7 Å². The second kappa shape index (κ2) is 8.36. The van der Waals surface area contributed by atoms with Gasteiger partial charge >= 0.3 is 0 Å². The van der Waals surface area contributed by atoms with Crippen LogP contribution < -0.4 is 5.43 Å². The minimum atomic E-state index is -0.350. The number of nitrogens with zero attached hydrogens (tertiary/aromatic N) is 4. The number of hydrogen-bond acceptors (Lipinski definition) is 4. The number of para-hydroxylation sites is 1. The van der Waals surface area contributed by atoms with Gasteiger partial charge in [0.2, 0.25) is 0 Å².